The maximum atomic E-state index is 12.8. The summed E-state index contributed by atoms with van der Waals surface area (Å²) in [6.45, 7) is 1.31. The lowest BCUT2D eigenvalue weighted by Crippen LogP contribution is -2.20. The third-order valence-electron chi connectivity index (χ3n) is 1.49. The van der Waals surface area contributed by atoms with Gasteiger partial charge in [-0.15, -0.1) is 0 Å². The molecule has 0 heterocycles. The van der Waals surface area contributed by atoms with Gasteiger partial charge in [0, 0.05) is 19.1 Å². The lowest BCUT2D eigenvalue weighted by molar-refractivity contribution is -0.109. The van der Waals surface area contributed by atoms with Crippen LogP contribution in [-0.2, 0) is 4.79 Å². The van der Waals surface area contributed by atoms with Gasteiger partial charge >= 0.3 is 0 Å². The Morgan fingerprint density at radius 2 is 1.79 bits per heavy atom. The zero-order valence-electron chi connectivity index (χ0n) is 7.68. The second kappa shape index (κ2) is 7.09. The first kappa shape index (κ1) is 13.7. The number of alkyl halides is 4. The Balaban J connectivity index is 3.61. The first-order valence-corrected chi connectivity index (χ1v) is 5.11. The van der Waals surface area contributed by atoms with Gasteiger partial charge in [0.25, 0.3) is 0 Å². The Labute approximate surface area is 84.2 Å². The van der Waals surface area contributed by atoms with Crippen molar-refractivity contribution in [2.45, 2.75) is 38.5 Å². The van der Waals surface area contributed by atoms with Gasteiger partial charge in [-0.1, -0.05) is 11.8 Å². The van der Waals surface area contributed by atoms with E-state index in [2.05, 4.69) is 0 Å². The number of rotatable bonds is 6. The Morgan fingerprint density at radius 1 is 1.21 bits per heavy atom. The molecule has 0 spiro atoms. The molecule has 0 radical (unpaired) electrons. The Kier molecular flexibility index (Phi) is 6.96. The van der Waals surface area contributed by atoms with Crippen molar-refractivity contribution < 1.29 is 22.4 Å². The highest BCUT2D eigenvalue weighted by Crippen LogP contribution is 2.18. The van der Waals surface area contributed by atoms with Crippen LogP contribution >= 0.6 is 11.8 Å². The number of carbonyl (C=O) groups excluding carboxylic acids is 1. The summed E-state index contributed by atoms with van der Waals surface area (Å²) in [5.41, 5.74) is 0. The second-order valence-electron chi connectivity index (χ2n) is 2.79. The molecule has 0 bridgehead atoms. The summed E-state index contributed by atoms with van der Waals surface area (Å²) < 4.78 is 48.7. The largest absolute Gasteiger partial charge is 0.288 e. The highest BCUT2D eigenvalue weighted by Gasteiger charge is 2.23. The fourth-order valence-corrected chi connectivity index (χ4v) is 1.44. The van der Waals surface area contributed by atoms with Gasteiger partial charge in [-0.25, -0.2) is 17.6 Å². The van der Waals surface area contributed by atoms with Gasteiger partial charge in [0.1, 0.15) is 12.3 Å². The first-order chi connectivity index (χ1) is 6.43. The molecule has 0 aromatic carbocycles. The minimum Gasteiger partial charge on any atom is -0.288 e. The van der Waals surface area contributed by atoms with E-state index in [4.69, 9.17) is 0 Å². The molecule has 0 fully saturated rings. The minimum atomic E-state index is -2.83. The molecule has 0 aliphatic rings. The van der Waals surface area contributed by atoms with Crippen molar-refractivity contribution in [1.82, 2.24) is 0 Å². The molecule has 0 aromatic heterocycles. The van der Waals surface area contributed by atoms with Crippen LogP contribution in [0.1, 0.15) is 19.8 Å². The summed E-state index contributed by atoms with van der Waals surface area (Å²) in [5.74, 6) is 0.125. The van der Waals surface area contributed by atoms with Gasteiger partial charge < -0.3 is 0 Å². The summed E-state index contributed by atoms with van der Waals surface area (Å²) in [6.07, 6.45) is -8.16. The van der Waals surface area contributed by atoms with Crippen molar-refractivity contribution in [2.24, 2.45) is 0 Å². The lowest BCUT2D eigenvalue weighted by atomic mass is 10.1. The first-order valence-electron chi connectivity index (χ1n) is 4.13. The molecule has 84 valence electrons. The zero-order valence-corrected chi connectivity index (χ0v) is 8.50. The van der Waals surface area contributed by atoms with E-state index in [1.165, 1.54) is 6.92 Å². The SMILES string of the molecule is CC(=O)SCCC(F)C(F)CC(F)F. The van der Waals surface area contributed by atoms with Crippen molar-refractivity contribution in [3.05, 3.63) is 0 Å². The van der Waals surface area contributed by atoms with Crippen molar-refractivity contribution in [1.29, 1.82) is 0 Å². The average Bonchev–Trinajstić information content (AvgIpc) is 2.01. The van der Waals surface area contributed by atoms with Crippen molar-refractivity contribution in [3.63, 3.8) is 0 Å². The lowest BCUT2D eigenvalue weighted by Gasteiger charge is -2.12. The molecule has 2 unspecified atom stereocenters. The van der Waals surface area contributed by atoms with Crippen LogP contribution in [0.5, 0.6) is 0 Å². The van der Waals surface area contributed by atoms with Crippen LogP contribution in [0.4, 0.5) is 17.6 Å². The molecule has 0 amide bonds. The molecule has 0 saturated carbocycles. The monoisotopic (exact) mass is 232 g/mol. The van der Waals surface area contributed by atoms with Crippen molar-refractivity contribution in [3.8, 4) is 0 Å². The van der Waals surface area contributed by atoms with E-state index in [-0.39, 0.29) is 17.3 Å². The van der Waals surface area contributed by atoms with Crippen molar-refractivity contribution in [2.75, 3.05) is 5.75 Å². The van der Waals surface area contributed by atoms with Crippen LogP contribution in [0.2, 0.25) is 0 Å². The van der Waals surface area contributed by atoms with Crippen LogP contribution in [0.15, 0.2) is 0 Å². The van der Waals surface area contributed by atoms with Gasteiger partial charge in [-0.3, -0.25) is 4.79 Å². The number of hydrogen-bond donors (Lipinski definition) is 0. The second-order valence-corrected chi connectivity index (χ2v) is 4.06. The smallest absolute Gasteiger partial charge is 0.241 e. The molecular weight excluding hydrogens is 220 g/mol. The molecule has 0 aliphatic heterocycles. The third kappa shape index (κ3) is 7.17. The number of hydrogen-bond acceptors (Lipinski definition) is 2. The van der Waals surface area contributed by atoms with E-state index >= 15 is 0 Å². The van der Waals surface area contributed by atoms with E-state index in [9.17, 15) is 22.4 Å². The average molecular weight is 232 g/mol. The third-order valence-corrected chi connectivity index (χ3v) is 2.34. The Morgan fingerprint density at radius 3 is 2.21 bits per heavy atom. The predicted molar refractivity (Wildman–Crippen MR) is 48.2 cm³/mol. The van der Waals surface area contributed by atoms with Gasteiger partial charge in [-0.2, -0.15) is 0 Å². The van der Waals surface area contributed by atoms with Crippen LogP contribution in [0, 0.1) is 0 Å². The van der Waals surface area contributed by atoms with E-state index in [1.54, 1.807) is 0 Å². The normalized spacial score (nSPS) is 15.6. The maximum absolute atomic E-state index is 12.8. The number of halogens is 4. The van der Waals surface area contributed by atoms with E-state index < -0.39 is 25.2 Å². The van der Waals surface area contributed by atoms with E-state index in [0.717, 1.165) is 11.8 Å². The molecule has 0 saturated heterocycles. The molecule has 1 nitrogen and oxygen atoms in total. The molecular formula is C8H12F4OS. The Hall–Kier alpha value is -0.260. The van der Waals surface area contributed by atoms with Crippen LogP contribution in [0.3, 0.4) is 0 Å². The molecule has 2 atom stereocenters. The zero-order chi connectivity index (χ0) is 11.1. The molecule has 0 aliphatic carbocycles. The fraction of sp³-hybridized carbons (Fsp3) is 0.875. The summed E-state index contributed by atoms with van der Waals surface area (Å²) in [6, 6.07) is 0. The van der Waals surface area contributed by atoms with Crippen LogP contribution in [0.25, 0.3) is 0 Å². The fourth-order valence-electron chi connectivity index (χ4n) is 0.814. The van der Waals surface area contributed by atoms with Gasteiger partial charge in [0.05, 0.1) is 0 Å². The molecule has 0 aromatic rings. The number of thioether (sulfide) groups is 1. The van der Waals surface area contributed by atoms with Gasteiger partial charge in [-0.05, 0) is 6.42 Å². The van der Waals surface area contributed by atoms with Crippen LogP contribution in [-0.4, -0.2) is 29.6 Å². The summed E-state index contributed by atoms with van der Waals surface area (Å²) in [5, 5.41) is -0.193. The highest BCUT2D eigenvalue weighted by atomic mass is 32.2. The quantitative estimate of drug-likeness (QED) is 0.655. The highest BCUT2D eigenvalue weighted by molar-refractivity contribution is 8.13. The number of carbonyl (C=O) groups is 1. The molecule has 6 heteroatoms. The maximum Gasteiger partial charge on any atom is 0.241 e. The summed E-state index contributed by atoms with van der Waals surface area (Å²) in [4.78, 5) is 10.4. The van der Waals surface area contributed by atoms with Crippen LogP contribution < -0.4 is 0 Å². The standard InChI is InChI=1S/C8H12F4OS/c1-5(13)14-3-2-6(9)7(10)4-8(11)12/h6-8H,2-4H2,1H3. The topological polar surface area (TPSA) is 17.1 Å². The molecule has 14 heavy (non-hydrogen) atoms. The molecule has 0 rings (SSSR count). The Bertz CT molecular complexity index is 177. The van der Waals surface area contributed by atoms with E-state index in [0.29, 0.717) is 0 Å². The van der Waals surface area contributed by atoms with Gasteiger partial charge in [0.15, 0.2) is 5.12 Å². The van der Waals surface area contributed by atoms with Gasteiger partial charge in [0.2, 0.25) is 6.43 Å². The summed E-state index contributed by atoms with van der Waals surface area (Å²) in [7, 11) is 0. The summed E-state index contributed by atoms with van der Waals surface area (Å²) >= 11 is 0.863. The minimum absolute atomic E-state index is 0.125. The van der Waals surface area contributed by atoms with Crippen molar-refractivity contribution >= 4 is 16.9 Å². The van der Waals surface area contributed by atoms with E-state index in [1.807, 2.05) is 0 Å². The molecule has 0 N–H and O–H groups in total. The predicted octanol–water partition coefficient (Wildman–Crippen LogP) is 2.99.